The molecule has 5 heteroatoms. The van der Waals surface area contributed by atoms with Crippen LogP contribution in [0.3, 0.4) is 0 Å². The fraction of sp³-hybridized carbons (Fsp3) is 0.250. The molecular formula is C28H23FN2O2. The molecule has 0 saturated heterocycles. The van der Waals surface area contributed by atoms with Gasteiger partial charge in [-0.2, -0.15) is 5.26 Å². The Morgan fingerprint density at radius 2 is 1.58 bits per heavy atom. The molecule has 0 radical (unpaired) electrons. The Labute approximate surface area is 192 Å². The zero-order valence-electron chi connectivity index (χ0n) is 18.3. The van der Waals surface area contributed by atoms with E-state index in [2.05, 4.69) is 11.4 Å². The second-order valence-corrected chi connectivity index (χ2v) is 8.96. The van der Waals surface area contributed by atoms with Gasteiger partial charge in [-0.05, 0) is 59.7 Å². The maximum Gasteiger partial charge on any atom is 0.241 e. The van der Waals surface area contributed by atoms with E-state index in [0.29, 0.717) is 13.0 Å². The summed E-state index contributed by atoms with van der Waals surface area (Å²) in [5, 5.41) is 13.4. The summed E-state index contributed by atoms with van der Waals surface area (Å²) < 4.78 is 13.2. The topological polar surface area (TPSA) is 70.0 Å². The van der Waals surface area contributed by atoms with Crippen molar-refractivity contribution < 1.29 is 14.0 Å². The zero-order chi connectivity index (χ0) is 23.2. The Hall–Kier alpha value is -3.78. The van der Waals surface area contributed by atoms with E-state index in [0.717, 1.165) is 27.8 Å². The first-order chi connectivity index (χ1) is 15.9. The van der Waals surface area contributed by atoms with E-state index in [4.69, 9.17) is 0 Å². The van der Waals surface area contributed by atoms with E-state index < -0.39 is 16.7 Å². The molecule has 2 bridgehead atoms. The number of nitrogens with one attached hydrogen (secondary N) is 1. The van der Waals surface area contributed by atoms with Crippen molar-refractivity contribution in [1.82, 2.24) is 5.32 Å². The molecule has 33 heavy (non-hydrogen) atoms. The molecule has 164 valence electrons. The van der Waals surface area contributed by atoms with Crippen LogP contribution in [0.2, 0.25) is 0 Å². The van der Waals surface area contributed by atoms with Crippen LogP contribution in [0.1, 0.15) is 47.1 Å². The summed E-state index contributed by atoms with van der Waals surface area (Å²) in [4.78, 5) is 26.9. The Balaban J connectivity index is 1.56. The van der Waals surface area contributed by atoms with Crippen LogP contribution < -0.4 is 5.32 Å². The van der Waals surface area contributed by atoms with Crippen molar-refractivity contribution in [2.24, 2.45) is 5.41 Å². The van der Waals surface area contributed by atoms with Crippen molar-refractivity contribution >= 4 is 11.7 Å². The van der Waals surface area contributed by atoms with Crippen LogP contribution in [0, 0.1) is 22.6 Å². The molecule has 4 nitrogen and oxygen atoms in total. The average Bonchev–Trinajstić information content (AvgIpc) is 2.84. The first-order valence-electron chi connectivity index (χ1n) is 11.1. The number of rotatable bonds is 5. The predicted octanol–water partition coefficient (Wildman–Crippen LogP) is 4.42. The lowest BCUT2D eigenvalue weighted by Crippen LogP contribution is -2.58. The molecule has 0 aliphatic heterocycles. The molecule has 1 amide bonds. The summed E-state index contributed by atoms with van der Waals surface area (Å²) in [6.45, 7) is 1.87. The molecular weight excluding hydrogens is 415 g/mol. The molecule has 3 aliphatic rings. The van der Waals surface area contributed by atoms with Gasteiger partial charge >= 0.3 is 0 Å². The number of hydrogen-bond donors (Lipinski definition) is 1. The summed E-state index contributed by atoms with van der Waals surface area (Å²) in [5.41, 5.74) is 1.98. The highest BCUT2D eigenvalue weighted by Gasteiger charge is 2.64. The first kappa shape index (κ1) is 21.1. The lowest BCUT2D eigenvalue weighted by atomic mass is 9.45. The maximum atomic E-state index is 13.7. The number of Topliss-reactive ketones (excluding diaryl/α,β-unsaturated/α-hetero) is 1. The van der Waals surface area contributed by atoms with Crippen LogP contribution in [-0.2, 0) is 21.4 Å². The SMILES string of the molecule is CC(=O)C12CC(C#N)(C(=O)NCCc3ccc(F)cc3)C(c3ccccc31)c1ccccc12. The molecule has 3 aromatic rings. The van der Waals surface area contributed by atoms with Crippen LogP contribution in [0.15, 0.2) is 72.8 Å². The summed E-state index contributed by atoms with van der Waals surface area (Å²) in [6, 6.07) is 23.9. The predicted molar refractivity (Wildman–Crippen MR) is 122 cm³/mol. The van der Waals surface area contributed by atoms with Crippen molar-refractivity contribution in [3.8, 4) is 6.07 Å². The first-order valence-corrected chi connectivity index (χ1v) is 11.1. The van der Waals surface area contributed by atoms with E-state index in [1.54, 1.807) is 19.1 Å². The largest absolute Gasteiger partial charge is 0.354 e. The van der Waals surface area contributed by atoms with Crippen LogP contribution in [0.4, 0.5) is 4.39 Å². The molecule has 1 N–H and O–H groups in total. The Morgan fingerprint density at radius 3 is 2.12 bits per heavy atom. The number of nitrogens with zero attached hydrogens (tertiary/aromatic N) is 1. The van der Waals surface area contributed by atoms with Crippen molar-refractivity contribution in [2.45, 2.75) is 31.1 Å². The van der Waals surface area contributed by atoms with E-state index in [1.807, 2.05) is 48.5 Å². The number of benzene rings is 3. The third-order valence-corrected chi connectivity index (χ3v) is 7.32. The molecule has 1 atom stereocenters. The summed E-state index contributed by atoms with van der Waals surface area (Å²) in [5.74, 6) is -1.20. The van der Waals surface area contributed by atoms with Crippen molar-refractivity contribution in [3.63, 3.8) is 0 Å². The molecule has 3 aliphatic carbocycles. The highest BCUT2D eigenvalue weighted by Crippen LogP contribution is 2.63. The summed E-state index contributed by atoms with van der Waals surface area (Å²) >= 11 is 0. The quantitative estimate of drug-likeness (QED) is 0.641. The number of hydrogen-bond acceptors (Lipinski definition) is 3. The zero-order valence-corrected chi connectivity index (χ0v) is 18.3. The number of halogens is 1. The molecule has 0 fully saturated rings. The lowest BCUT2D eigenvalue weighted by molar-refractivity contribution is -0.132. The van der Waals surface area contributed by atoms with Gasteiger partial charge in [-0.25, -0.2) is 4.39 Å². The molecule has 0 spiro atoms. The van der Waals surface area contributed by atoms with E-state index >= 15 is 0 Å². The van der Waals surface area contributed by atoms with Gasteiger partial charge in [0, 0.05) is 12.5 Å². The van der Waals surface area contributed by atoms with E-state index in [9.17, 15) is 19.2 Å². The maximum absolute atomic E-state index is 13.7. The molecule has 3 aromatic carbocycles. The number of amides is 1. The van der Waals surface area contributed by atoms with Gasteiger partial charge in [-0.3, -0.25) is 9.59 Å². The van der Waals surface area contributed by atoms with Crippen LogP contribution in [0.25, 0.3) is 0 Å². The Bertz CT molecular complexity index is 1260. The monoisotopic (exact) mass is 438 g/mol. The molecule has 0 aromatic heterocycles. The molecule has 0 heterocycles. The number of fused-ring (bicyclic) bond motifs is 1. The minimum Gasteiger partial charge on any atom is -0.354 e. The normalized spacial score (nSPS) is 24.3. The second-order valence-electron chi connectivity index (χ2n) is 8.96. The van der Waals surface area contributed by atoms with Gasteiger partial charge in [0.1, 0.15) is 17.0 Å². The van der Waals surface area contributed by atoms with Gasteiger partial charge in [0.05, 0.1) is 11.5 Å². The van der Waals surface area contributed by atoms with Crippen molar-refractivity contribution in [2.75, 3.05) is 6.54 Å². The average molecular weight is 439 g/mol. The fourth-order valence-corrected chi connectivity index (χ4v) is 5.83. The number of nitriles is 1. The van der Waals surface area contributed by atoms with Crippen molar-refractivity contribution in [3.05, 3.63) is 106 Å². The Morgan fingerprint density at radius 1 is 1.00 bits per heavy atom. The van der Waals surface area contributed by atoms with Gasteiger partial charge in [0.2, 0.25) is 5.91 Å². The lowest BCUT2D eigenvalue weighted by Gasteiger charge is -2.54. The molecule has 0 saturated carbocycles. The van der Waals surface area contributed by atoms with Gasteiger partial charge in [0.15, 0.2) is 0 Å². The standard InChI is InChI=1S/C28H23FN2O2/c1-18(32)28-16-27(17-30,26(33)31-15-14-19-10-12-20(29)13-11-19)25(21-6-2-4-8-23(21)28)22-7-3-5-9-24(22)28/h2-13,25H,14-16H2,1H3,(H,31,33). The third-order valence-electron chi connectivity index (χ3n) is 7.32. The van der Waals surface area contributed by atoms with Crippen LogP contribution >= 0.6 is 0 Å². The van der Waals surface area contributed by atoms with Crippen LogP contribution in [0.5, 0.6) is 0 Å². The highest BCUT2D eigenvalue weighted by molar-refractivity contribution is 5.99. The van der Waals surface area contributed by atoms with Crippen molar-refractivity contribution in [1.29, 1.82) is 5.26 Å². The molecule has 1 unspecified atom stereocenters. The second kappa shape index (κ2) is 7.67. The van der Waals surface area contributed by atoms with E-state index in [-0.39, 0.29) is 23.9 Å². The minimum atomic E-state index is -1.41. The van der Waals surface area contributed by atoms with Crippen LogP contribution in [-0.4, -0.2) is 18.2 Å². The summed E-state index contributed by atoms with van der Waals surface area (Å²) in [6.07, 6.45) is 0.635. The fourth-order valence-electron chi connectivity index (χ4n) is 5.83. The smallest absolute Gasteiger partial charge is 0.241 e. The highest BCUT2D eigenvalue weighted by atomic mass is 19.1. The van der Waals surface area contributed by atoms with Gasteiger partial charge in [-0.15, -0.1) is 0 Å². The number of carbonyl (C=O) groups excluding carboxylic acids is 2. The summed E-state index contributed by atoms with van der Waals surface area (Å²) in [7, 11) is 0. The number of ketones is 1. The number of carbonyl (C=O) groups is 2. The molecule has 6 rings (SSSR count). The Kier molecular flexibility index (Phi) is 4.90. The van der Waals surface area contributed by atoms with E-state index in [1.165, 1.54) is 12.1 Å². The van der Waals surface area contributed by atoms with Gasteiger partial charge in [0.25, 0.3) is 0 Å². The minimum absolute atomic E-state index is 0.0701. The van der Waals surface area contributed by atoms with Gasteiger partial charge in [-0.1, -0.05) is 60.7 Å². The third kappa shape index (κ3) is 2.94. The van der Waals surface area contributed by atoms with Gasteiger partial charge < -0.3 is 5.32 Å².